The summed E-state index contributed by atoms with van der Waals surface area (Å²) in [5.41, 5.74) is 4.49. The lowest BCUT2D eigenvalue weighted by molar-refractivity contribution is 0.269. The van der Waals surface area contributed by atoms with E-state index in [0.29, 0.717) is 6.54 Å². The molecule has 2 heterocycles. The molecule has 0 unspecified atom stereocenters. The highest BCUT2D eigenvalue weighted by molar-refractivity contribution is 5.40. The molecule has 0 bridgehead atoms. The smallest absolute Gasteiger partial charge is 0.0991 e. The Balaban J connectivity index is 1.65. The average Bonchev–Trinajstić information content (AvgIpc) is 3.19. The minimum Gasteiger partial charge on any atom is -0.394 e. The van der Waals surface area contributed by atoms with Gasteiger partial charge in [-0.1, -0.05) is 18.2 Å². The number of aryl methyl sites for hydroxylation is 1. The lowest BCUT2D eigenvalue weighted by atomic mass is 10.1. The Morgan fingerprint density at radius 1 is 1.17 bits per heavy atom. The molecule has 120 valence electrons. The molecule has 1 aromatic carbocycles. The first kappa shape index (κ1) is 15.5. The summed E-state index contributed by atoms with van der Waals surface area (Å²) < 4.78 is 3.80. The van der Waals surface area contributed by atoms with Crippen LogP contribution >= 0.6 is 0 Å². The Hall–Kier alpha value is -2.44. The fourth-order valence-corrected chi connectivity index (χ4v) is 2.60. The number of imidazole rings is 1. The van der Waals surface area contributed by atoms with Crippen LogP contribution in [0.2, 0.25) is 0 Å². The van der Waals surface area contributed by atoms with Gasteiger partial charge in [-0.15, -0.1) is 0 Å². The van der Waals surface area contributed by atoms with Gasteiger partial charge in [-0.3, -0.25) is 4.68 Å². The van der Waals surface area contributed by atoms with Gasteiger partial charge in [0.25, 0.3) is 0 Å². The zero-order valence-corrected chi connectivity index (χ0v) is 13.2. The number of aromatic nitrogens is 4. The van der Waals surface area contributed by atoms with Crippen molar-refractivity contribution < 1.29 is 5.11 Å². The third kappa shape index (κ3) is 3.67. The van der Waals surface area contributed by atoms with Crippen LogP contribution in [0.15, 0.2) is 49.2 Å². The molecule has 0 amide bonds. The van der Waals surface area contributed by atoms with E-state index >= 15 is 0 Å². The molecule has 0 fully saturated rings. The molecule has 3 aromatic rings. The van der Waals surface area contributed by atoms with Gasteiger partial charge in [-0.2, -0.15) is 5.10 Å². The van der Waals surface area contributed by atoms with Crippen molar-refractivity contribution in [2.24, 2.45) is 0 Å². The highest BCUT2D eigenvalue weighted by atomic mass is 16.3. The van der Waals surface area contributed by atoms with Crippen molar-refractivity contribution in [3.05, 3.63) is 66.0 Å². The van der Waals surface area contributed by atoms with Crippen molar-refractivity contribution >= 4 is 0 Å². The molecule has 0 saturated heterocycles. The number of para-hydroxylation sites is 1. The minimum absolute atomic E-state index is 0.103. The van der Waals surface area contributed by atoms with Crippen LogP contribution in [0.5, 0.6) is 0 Å². The lowest BCUT2D eigenvalue weighted by Gasteiger charge is -2.11. The topological polar surface area (TPSA) is 67.9 Å². The summed E-state index contributed by atoms with van der Waals surface area (Å²) in [4.78, 5) is 4.11. The number of nitrogens with one attached hydrogen (secondary N) is 1. The normalized spacial score (nSPS) is 11.0. The molecular weight excluding hydrogens is 290 g/mol. The van der Waals surface area contributed by atoms with Crippen molar-refractivity contribution in [3.8, 4) is 5.69 Å². The van der Waals surface area contributed by atoms with Crippen molar-refractivity contribution in [1.82, 2.24) is 24.6 Å². The second-order valence-corrected chi connectivity index (χ2v) is 5.43. The molecule has 0 spiro atoms. The van der Waals surface area contributed by atoms with Gasteiger partial charge in [0.05, 0.1) is 30.9 Å². The van der Waals surface area contributed by atoms with E-state index in [4.69, 9.17) is 5.11 Å². The van der Waals surface area contributed by atoms with E-state index in [1.807, 2.05) is 42.3 Å². The quantitative estimate of drug-likeness (QED) is 0.696. The maximum Gasteiger partial charge on any atom is 0.0991 e. The number of aliphatic hydroxyl groups is 1. The van der Waals surface area contributed by atoms with Gasteiger partial charge >= 0.3 is 0 Å². The van der Waals surface area contributed by atoms with E-state index < -0.39 is 0 Å². The van der Waals surface area contributed by atoms with Crippen molar-refractivity contribution in [1.29, 1.82) is 0 Å². The van der Waals surface area contributed by atoms with Crippen LogP contribution in [0.4, 0.5) is 0 Å². The molecule has 0 aliphatic carbocycles. The molecule has 23 heavy (non-hydrogen) atoms. The molecular formula is C17H21N5O. The third-order valence-electron chi connectivity index (χ3n) is 3.78. The highest BCUT2D eigenvalue weighted by Gasteiger charge is 2.06. The van der Waals surface area contributed by atoms with Gasteiger partial charge in [0.1, 0.15) is 0 Å². The second kappa shape index (κ2) is 7.21. The van der Waals surface area contributed by atoms with Crippen LogP contribution < -0.4 is 5.32 Å². The molecule has 0 aliphatic heterocycles. The largest absolute Gasteiger partial charge is 0.394 e. The summed E-state index contributed by atoms with van der Waals surface area (Å²) in [5.74, 6) is 0. The second-order valence-electron chi connectivity index (χ2n) is 5.43. The van der Waals surface area contributed by atoms with Crippen molar-refractivity contribution in [2.75, 3.05) is 6.61 Å². The predicted octanol–water partition coefficient (Wildman–Crippen LogP) is 1.66. The number of aliphatic hydroxyl groups excluding tert-OH is 1. The summed E-state index contributed by atoms with van der Waals surface area (Å²) in [6, 6.07) is 8.28. The van der Waals surface area contributed by atoms with Gasteiger partial charge in [-0.25, -0.2) is 4.98 Å². The summed E-state index contributed by atoms with van der Waals surface area (Å²) in [6.07, 6.45) is 7.52. The Labute approximate surface area is 135 Å². The monoisotopic (exact) mass is 311 g/mol. The van der Waals surface area contributed by atoms with Crippen molar-refractivity contribution in [2.45, 2.75) is 26.6 Å². The van der Waals surface area contributed by atoms with E-state index in [0.717, 1.165) is 30.0 Å². The van der Waals surface area contributed by atoms with Gasteiger partial charge in [0.2, 0.25) is 0 Å². The molecule has 0 radical (unpaired) electrons. The standard InChI is InChI=1S/C17H21N5O/c1-14-16(12-22(20-14)8-9-23)11-19-10-15-4-2-3-5-17(15)21-7-6-18-13-21/h2-7,12-13,19,23H,8-11H2,1H3. The summed E-state index contributed by atoms with van der Waals surface area (Å²) in [5, 5.41) is 16.8. The first-order valence-electron chi connectivity index (χ1n) is 7.68. The van der Waals surface area contributed by atoms with Crippen molar-refractivity contribution in [3.63, 3.8) is 0 Å². The van der Waals surface area contributed by atoms with Gasteiger partial charge in [-0.05, 0) is 18.6 Å². The third-order valence-corrected chi connectivity index (χ3v) is 3.78. The summed E-state index contributed by atoms with van der Waals surface area (Å²) in [6.45, 7) is 4.13. The Morgan fingerprint density at radius 3 is 2.78 bits per heavy atom. The maximum absolute atomic E-state index is 8.98. The van der Waals surface area contributed by atoms with Crippen LogP contribution in [-0.4, -0.2) is 31.0 Å². The number of benzene rings is 1. The molecule has 2 aromatic heterocycles. The molecule has 2 N–H and O–H groups in total. The van der Waals surface area contributed by atoms with Crippen LogP contribution in [0.3, 0.4) is 0 Å². The fourth-order valence-electron chi connectivity index (χ4n) is 2.60. The fraction of sp³-hybridized carbons (Fsp3) is 0.294. The molecule has 3 rings (SSSR count). The lowest BCUT2D eigenvalue weighted by Crippen LogP contribution is -2.14. The number of rotatable bonds is 7. The zero-order chi connectivity index (χ0) is 16.1. The predicted molar refractivity (Wildman–Crippen MR) is 88.2 cm³/mol. The summed E-state index contributed by atoms with van der Waals surface area (Å²) in [7, 11) is 0. The SMILES string of the molecule is Cc1nn(CCO)cc1CNCc1ccccc1-n1ccnc1. The Bertz CT molecular complexity index is 748. The van der Waals surface area contributed by atoms with Crippen LogP contribution in [-0.2, 0) is 19.6 Å². The summed E-state index contributed by atoms with van der Waals surface area (Å²) >= 11 is 0. The first-order valence-corrected chi connectivity index (χ1v) is 7.68. The van der Waals surface area contributed by atoms with E-state index in [1.54, 1.807) is 10.9 Å². The molecule has 0 atom stereocenters. The highest BCUT2D eigenvalue weighted by Crippen LogP contribution is 2.14. The Morgan fingerprint density at radius 2 is 2.00 bits per heavy atom. The first-order chi connectivity index (χ1) is 11.3. The van der Waals surface area contributed by atoms with E-state index in [9.17, 15) is 0 Å². The van der Waals surface area contributed by atoms with Gasteiger partial charge in [0.15, 0.2) is 0 Å². The van der Waals surface area contributed by atoms with E-state index in [-0.39, 0.29) is 6.61 Å². The van der Waals surface area contributed by atoms with E-state index in [1.165, 1.54) is 5.56 Å². The van der Waals surface area contributed by atoms with Crippen LogP contribution in [0, 0.1) is 6.92 Å². The minimum atomic E-state index is 0.103. The van der Waals surface area contributed by atoms with Crippen LogP contribution in [0.1, 0.15) is 16.8 Å². The number of nitrogens with zero attached hydrogens (tertiary/aromatic N) is 4. The Kier molecular flexibility index (Phi) is 4.85. The number of hydrogen-bond acceptors (Lipinski definition) is 4. The van der Waals surface area contributed by atoms with E-state index in [2.05, 4.69) is 27.5 Å². The molecule has 6 nitrogen and oxygen atoms in total. The van der Waals surface area contributed by atoms with Gasteiger partial charge in [0, 0.05) is 37.2 Å². The zero-order valence-electron chi connectivity index (χ0n) is 13.2. The number of hydrogen-bond donors (Lipinski definition) is 2. The average molecular weight is 311 g/mol. The maximum atomic E-state index is 8.98. The van der Waals surface area contributed by atoms with Gasteiger partial charge < -0.3 is 15.0 Å². The molecule has 6 heteroatoms. The van der Waals surface area contributed by atoms with Crippen LogP contribution in [0.25, 0.3) is 5.69 Å². The molecule has 0 saturated carbocycles. The molecule has 0 aliphatic rings.